The van der Waals surface area contributed by atoms with Crippen molar-refractivity contribution in [2.24, 2.45) is 11.8 Å². The fraction of sp³-hybridized carbons (Fsp3) is 0.294. The van der Waals surface area contributed by atoms with E-state index in [0.29, 0.717) is 11.8 Å². The summed E-state index contributed by atoms with van der Waals surface area (Å²) in [5.74, 6) is 1.36. The quantitative estimate of drug-likeness (QED) is 0.196. The number of fused-ring (bicyclic) bond motifs is 9. The Bertz CT molecular complexity index is 2580. The molecule has 0 spiro atoms. The number of hydrogen-bond donors (Lipinski definition) is 1. The molecule has 0 bridgehead atoms. The van der Waals surface area contributed by atoms with E-state index < -0.39 is 0 Å². The van der Waals surface area contributed by atoms with Crippen LogP contribution >= 0.6 is 0 Å². The Morgan fingerprint density at radius 3 is 1.51 bits per heavy atom. The molecule has 2 nitrogen and oxygen atoms in total. The number of nitrogens with one attached hydrogen (secondary N) is 1. The second-order valence-electron chi connectivity index (χ2n) is 17.8. The molecule has 262 valence electrons. The third-order valence-corrected chi connectivity index (χ3v) is 14.0. The fourth-order valence-electron chi connectivity index (χ4n) is 12.3. The fourth-order valence-corrected chi connectivity index (χ4v) is 12.3. The van der Waals surface area contributed by atoms with E-state index >= 15 is 0 Å². The van der Waals surface area contributed by atoms with E-state index in [1.54, 1.807) is 11.1 Å². The van der Waals surface area contributed by atoms with Crippen LogP contribution in [0.4, 0.5) is 5.69 Å². The minimum Gasteiger partial charge on any atom is -0.374 e. The second-order valence-corrected chi connectivity index (χ2v) is 17.8. The van der Waals surface area contributed by atoms with Crippen LogP contribution < -0.4 is 5.32 Å². The highest BCUT2D eigenvalue weighted by Crippen LogP contribution is 2.72. The summed E-state index contributed by atoms with van der Waals surface area (Å²) in [5.41, 5.74) is 22.3. The van der Waals surface area contributed by atoms with Crippen LogP contribution in [-0.4, -0.2) is 4.57 Å². The first-order valence-electron chi connectivity index (χ1n) is 19.9. The van der Waals surface area contributed by atoms with Gasteiger partial charge in [0.2, 0.25) is 0 Å². The third-order valence-electron chi connectivity index (χ3n) is 14.0. The lowest BCUT2D eigenvalue weighted by atomic mass is 9.55. The van der Waals surface area contributed by atoms with Gasteiger partial charge in [-0.15, -0.1) is 0 Å². The lowest BCUT2D eigenvalue weighted by molar-refractivity contribution is 0.299. The number of nitrogens with zero attached hydrogens (tertiary/aromatic N) is 1. The molecule has 6 aromatic carbocycles. The smallest absolute Gasteiger partial charge is 0.0779 e. The first-order valence-corrected chi connectivity index (χ1v) is 19.9. The van der Waals surface area contributed by atoms with Crippen molar-refractivity contribution in [1.82, 2.24) is 4.57 Å². The van der Waals surface area contributed by atoms with Crippen LogP contribution in [0.1, 0.15) is 90.1 Å². The van der Waals surface area contributed by atoms with Crippen LogP contribution in [0.15, 0.2) is 109 Å². The number of hydrogen-bond acceptors (Lipinski definition) is 1. The molecule has 2 fully saturated rings. The average Bonchev–Trinajstić information content (AvgIpc) is 3.80. The van der Waals surface area contributed by atoms with Crippen molar-refractivity contribution in [1.29, 1.82) is 0 Å². The van der Waals surface area contributed by atoms with Crippen molar-refractivity contribution in [3.63, 3.8) is 0 Å². The molecule has 4 aliphatic carbocycles. The van der Waals surface area contributed by atoms with Gasteiger partial charge in [0.15, 0.2) is 0 Å². The van der Waals surface area contributed by atoms with Crippen molar-refractivity contribution >= 4 is 27.5 Å². The summed E-state index contributed by atoms with van der Waals surface area (Å²) < 4.78 is 2.54. The summed E-state index contributed by atoms with van der Waals surface area (Å²) in [4.78, 5) is 0. The number of aryl methyl sites for hydroxylation is 4. The van der Waals surface area contributed by atoms with Gasteiger partial charge in [0.1, 0.15) is 0 Å². The van der Waals surface area contributed by atoms with Crippen LogP contribution in [0.2, 0.25) is 0 Å². The minimum absolute atomic E-state index is 0.135. The maximum absolute atomic E-state index is 4.11. The van der Waals surface area contributed by atoms with Crippen molar-refractivity contribution in [3.8, 4) is 27.9 Å². The Kier molecular flexibility index (Phi) is 6.38. The monoisotopic (exact) mass is 688 g/mol. The van der Waals surface area contributed by atoms with Gasteiger partial charge >= 0.3 is 0 Å². The van der Waals surface area contributed by atoms with Gasteiger partial charge < -0.3 is 9.88 Å². The maximum atomic E-state index is 4.11. The normalized spacial score (nSPS) is 23.8. The predicted molar refractivity (Wildman–Crippen MR) is 223 cm³/mol. The Morgan fingerprint density at radius 2 is 0.962 bits per heavy atom. The Labute approximate surface area is 313 Å². The van der Waals surface area contributed by atoms with E-state index in [-0.39, 0.29) is 16.9 Å². The van der Waals surface area contributed by atoms with Crippen LogP contribution in [0.25, 0.3) is 49.7 Å². The van der Waals surface area contributed by atoms with E-state index in [0.717, 1.165) is 0 Å². The minimum atomic E-state index is 0.135. The number of anilines is 1. The highest BCUT2D eigenvalue weighted by Gasteiger charge is 2.65. The molecule has 11 rings (SSSR count). The van der Waals surface area contributed by atoms with Crippen molar-refractivity contribution < 1.29 is 0 Å². The van der Waals surface area contributed by atoms with Gasteiger partial charge in [0.05, 0.1) is 17.1 Å². The van der Waals surface area contributed by atoms with Gasteiger partial charge in [-0.3, -0.25) is 0 Å². The molecule has 2 atom stereocenters. The topological polar surface area (TPSA) is 17.0 Å². The largest absolute Gasteiger partial charge is 0.374 e. The van der Waals surface area contributed by atoms with E-state index in [4.69, 9.17) is 0 Å². The molecular formula is C51H48N2. The number of benzene rings is 6. The van der Waals surface area contributed by atoms with E-state index in [1.807, 2.05) is 0 Å². The zero-order valence-corrected chi connectivity index (χ0v) is 31.9. The molecule has 53 heavy (non-hydrogen) atoms. The van der Waals surface area contributed by atoms with E-state index in [2.05, 4.69) is 161 Å². The lowest BCUT2D eigenvalue weighted by Crippen LogP contribution is -2.43. The van der Waals surface area contributed by atoms with Crippen LogP contribution in [-0.2, 0) is 10.8 Å². The molecule has 0 aliphatic heterocycles. The lowest BCUT2D eigenvalue weighted by Gasteiger charge is -2.48. The predicted octanol–water partition coefficient (Wildman–Crippen LogP) is 13.2. The average molecular weight is 689 g/mol. The van der Waals surface area contributed by atoms with Crippen LogP contribution in [0.5, 0.6) is 0 Å². The first kappa shape index (κ1) is 31.4. The van der Waals surface area contributed by atoms with Gasteiger partial charge in [0, 0.05) is 33.0 Å². The Morgan fingerprint density at radius 1 is 0.491 bits per heavy atom. The standard InChI is InChI=1S/C51H48N2/c1-29-7-13-39-41(19-29)42-20-30(2)8-14-40(42)49(39)52-35-11-15-37-38-16-12-36(53-47-17-9-31(3)21-43(47)44-22-32(4)10-18-48(44)53)24-46(38)51-27-33(5)25-50(51,45(37)23-35)26-34(6)28-51/h7-24,33-34,49,52H,25-28H2,1-6H3/t33?,34?,50-,51+. The summed E-state index contributed by atoms with van der Waals surface area (Å²) in [7, 11) is 0. The zero-order chi connectivity index (χ0) is 36.0. The summed E-state index contributed by atoms with van der Waals surface area (Å²) >= 11 is 0. The summed E-state index contributed by atoms with van der Waals surface area (Å²) in [6.45, 7) is 13.9. The van der Waals surface area contributed by atoms with Crippen LogP contribution in [0.3, 0.4) is 0 Å². The van der Waals surface area contributed by atoms with Crippen molar-refractivity contribution in [2.45, 2.75) is 84.1 Å². The first-order chi connectivity index (χ1) is 25.6. The van der Waals surface area contributed by atoms with Crippen LogP contribution in [0, 0.1) is 39.5 Å². The zero-order valence-electron chi connectivity index (χ0n) is 31.9. The molecule has 2 heteroatoms. The van der Waals surface area contributed by atoms with Gasteiger partial charge in [-0.05, 0) is 158 Å². The molecule has 0 amide bonds. The Balaban J connectivity index is 1.09. The molecule has 7 aromatic rings. The summed E-state index contributed by atoms with van der Waals surface area (Å²) in [6, 6.07) is 43.1. The van der Waals surface area contributed by atoms with Gasteiger partial charge in [0.25, 0.3) is 0 Å². The number of rotatable bonds is 3. The van der Waals surface area contributed by atoms with E-state index in [1.165, 1.54) is 114 Å². The third kappa shape index (κ3) is 4.21. The molecule has 1 heterocycles. The molecule has 4 aliphatic rings. The highest BCUT2D eigenvalue weighted by molar-refractivity contribution is 6.09. The molecular weight excluding hydrogens is 641 g/mol. The molecule has 1 aromatic heterocycles. The summed E-state index contributed by atoms with van der Waals surface area (Å²) in [5, 5.41) is 6.81. The molecule has 1 N–H and O–H groups in total. The van der Waals surface area contributed by atoms with Gasteiger partial charge in [-0.1, -0.05) is 96.8 Å². The molecule has 2 saturated carbocycles. The van der Waals surface area contributed by atoms with Crippen molar-refractivity contribution in [2.75, 3.05) is 5.32 Å². The SMILES string of the molecule is Cc1ccc2c(c1)-c1cc(C)ccc1C2Nc1ccc2c(c1)[C@]13CC(C)C[C@]1(CC(C)C3)c1cc(-n3c4ccc(C)cc4c4cc(C)ccc43)ccc1-2. The Hall–Kier alpha value is -5.08. The van der Waals surface area contributed by atoms with Gasteiger partial charge in [-0.2, -0.15) is 0 Å². The highest BCUT2D eigenvalue weighted by atomic mass is 15.0. The van der Waals surface area contributed by atoms with Crippen molar-refractivity contribution in [3.05, 3.63) is 154 Å². The maximum Gasteiger partial charge on any atom is 0.0779 e. The van der Waals surface area contributed by atoms with Gasteiger partial charge in [-0.25, -0.2) is 0 Å². The molecule has 0 saturated heterocycles. The second kappa shape index (κ2) is 10.8. The molecule has 0 radical (unpaired) electrons. The summed E-state index contributed by atoms with van der Waals surface area (Å²) in [6.07, 6.45) is 5.05. The van der Waals surface area contributed by atoms with E-state index in [9.17, 15) is 0 Å². The molecule has 2 unspecified atom stereocenters. The number of aromatic nitrogens is 1.